The van der Waals surface area contributed by atoms with Crippen molar-refractivity contribution in [2.45, 2.75) is 38.6 Å². The van der Waals surface area contributed by atoms with E-state index in [2.05, 4.69) is 19.2 Å². The van der Waals surface area contributed by atoms with Crippen LogP contribution in [0.25, 0.3) is 0 Å². The molecule has 3 heteroatoms. The standard InChI is InChI=1S/C14H19F2N/c1-9(2)7-14-11(5-6-17-14)10-3-4-12(15)13(16)8-10/h3-4,8-9,11,14,17H,5-7H2,1-2H3. The lowest BCUT2D eigenvalue weighted by Gasteiger charge is -2.21. The van der Waals surface area contributed by atoms with Gasteiger partial charge in [-0.1, -0.05) is 19.9 Å². The van der Waals surface area contributed by atoms with E-state index in [1.807, 2.05) is 0 Å². The molecule has 1 aromatic carbocycles. The molecule has 0 amide bonds. The summed E-state index contributed by atoms with van der Waals surface area (Å²) in [7, 11) is 0. The number of benzene rings is 1. The minimum atomic E-state index is -0.764. The van der Waals surface area contributed by atoms with Crippen LogP contribution in [0, 0.1) is 17.6 Å². The summed E-state index contributed by atoms with van der Waals surface area (Å²) in [5, 5.41) is 3.45. The molecule has 2 atom stereocenters. The first-order valence-electron chi connectivity index (χ1n) is 6.26. The van der Waals surface area contributed by atoms with Gasteiger partial charge in [-0.25, -0.2) is 8.78 Å². The Kier molecular flexibility index (Phi) is 3.77. The summed E-state index contributed by atoms with van der Waals surface area (Å²) in [6.45, 7) is 5.33. The summed E-state index contributed by atoms with van der Waals surface area (Å²) < 4.78 is 26.1. The first kappa shape index (κ1) is 12.5. The number of rotatable bonds is 3. The van der Waals surface area contributed by atoms with Crippen LogP contribution in [-0.2, 0) is 0 Å². The Morgan fingerprint density at radius 3 is 2.71 bits per heavy atom. The molecule has 1 fully saturated rings. The third kappa shape index (κ3) is 2.83. The highest BCUT2D eigenvalue weighted by Crippen LogP contribution is 2.31. The molecule has 1 aromatic rings. The average Bonchev–Trinajstić information content (AvgIpc) is 2.69. The molecule has 0 aliphatic carbocycles. The van der Waals surface area contributed by atoms with E-state index in [9.17, 15) is 8.78 Å². The molecule has 1 N–H and O–H groups in total. The molecule has 17 heavy (non-hydrogen) atoms. The number of hydrogen-bond acceptors (Lipinski definition) is 1. The van der Waals surface area contributed by atoms with Gasteiger partial charge in [0, 0.05) is 12.0 Å². The highest BCUT2D eigenvalue weighted by molar-refractivity contribution is 5.24. The fourth-order valence-electron chi connectivity index (χ4n) is 2.67. The van der Waals surface area contributed by atoms with Crippen molar-refractivity contribution in [3.05, 3.63) is 35.4 Å². The fraction of sp³-hybridized carbons (Fsp3) is 0.571. The summed E-state index contributed by atoms with van der Waals surface area (Å²) in [5.41, 5.74) is 0.916. The van der Waals surface area contributed by atoms with E-state index in [0.717, 1.165) is 24.9 Å². The second kappa shape index (κ2) is 5.13. The van der Waals surface area contributed by atoms with E-state index < -0.39 is 11.6 Å². The Labute approximate surface area is 101 Å². The van der Waals surface area contributed by atoms with Crippen LogP contribution >= 0.6 is 0 Å². The van der Waals surface area contributed by atoms with Gasteiger partial charge < -0.3 is 5.32 Å². The highest BCUT2D eigenvalue weighted by atomic mass is 19.2. The molecule has 1 nitrogen and oxygen atoms in total. The van der Waals surface area contributed by atoms with Crippen molar-refractivity contribution in [1.29, 1.82) is 0 Å². The predicted octanol–water partition coefficient (Wildman–Crippen LogP) is 3.46. The molecule has 2 rings (SSSR count). The van der Waals surface area contributed by atoms with Crippen molar-refractivity contribution in [3.8, 4) is 0 Å². The molecule has 0 radical (unpaired) electrons. The predicted molar refractivity (Wildman–Crippen MR) is 65.0 cm³/mol. The smallest absolute Gasteiger partial charge is 0.159 e. The number of nitrogens with one attached hydrogen (secondary N) is 1. The van der Waals surface area contributed by atoms with Crippen LogP contribution < -0.4 is 5.32 Å². The van der Waals surface area contributed by atoms with Crippen molar-refractivity contribution in [2.24, 2.45) is 5.92 Å². The Hall–Kier alpha value is -0.960. The first-order valence-corrected chi connectivity index (χ1v) is 6.26. The Balaban J connectivity index is 2.17. The maximum atomic E-state index is 13.2. The Morgan fingerprint density at radius 1 is 1.29 bits per heavy atom. The van der Waals surface area contributed by atoms with Crippen molar-refractivity contribution < 1.29 is 8.78 Å². The number of halogens is 2. The maximum absolute atomic E-state index is 13.2. The van der Waals surface area contributed by atoms with Gasteiger partial charge >= 0.3 is 0 Å². The van der Waals surface area contributed by atoms with Crippen molar-refractivity contribution in [3.63, 3.8) is 0 Å². The van der Waals surface area contributed by atoms with Gasteiger partial charge in [-0.05, 0) is 43.0 Å². The quantitative estimate of drug-likeness (QED) is 0.851. The van der Waals surface area contributed by atoms with Crippen molar-refractivity contribution in [2.75, 3.05) is 6.54 Å². The number of hydrogen-bond donors (Lipinski definition) is 1. The van der Waals surface area contributed by atoms with Gasteiger partial charge in [0.05, 0.1) is 0 Å². The van der Waals surface area contributed by atoms with Crippen LogP contribution in [0.4, 0.5) is 8.78 Å². The van der Waals surface area contributed by atoms with Gasteiger partial charge in [0.2, 0.25) is 0 Å². The van der Waals surface area contributed by atoms with Gasteiger partial charge in [0.15, 0.2) is 11.6 Å². The van der Waals surface area contributed by atoms with Crippen LogP contribution in [0.1, 0.15) is 38.2 Å². The van der Waals surface area contributed by atoms with Gasteiger partial charge in [0.1, 0.15) is 0 Å². The fourth-order valence-corrected chi connectivity index (χ4v) is 2.67. The van der Waals surface area contributed by atoms with E-state index >= 15 is 0 Å². The molecule has 1 aliphatic heterocycles. The summed E-state index contributed by atoms with van der Waals surface area (Å²) in [5.74, 6) is -0.580. The second-order valence-corrected chi connectivity index (χ2v) is 5.26. The Morgan fingerprint density at radius 2 is 2.06 bits per heavy atom. The third-order valence-electron chi connectivity index (χ3n) is 3.44. The van der Waals surface area contributed by atoms with Crippen LogP contribution in [0.3, 0.4) is 0 Å². The molecular formula is C14H19F2N. The van der Waals surface area contributed by atoms with Gasteiger partial charge in [-0.15, -0.1) is 0 Å². The van der Waals surface area contributed by atoms with Gasteiger partial charge in [-0.2, -0.15) is 0 Å². The normalized spacial score (nSPS) is 24.5. The van der Waals surface area contributed by atoms with Crippen LogP contribution in [0.2, 0.25) is 0 Å². The van der Waals surface area contributed by atoms with E-state index in [4.69, 9.17) is 0 Å². The van der Waals surface area contributed by atoms with Crippen LogP contribution in [0.15, 0.2) is 18.2 Å². The molecule has 0 spiro atoms. The van der Waals surface area contributed by atoms with Crippen molar-refractivity contribution >= 4 is 0 Å². The summed E-state index contributed by atoms with van der Waals surface area (Å²) in [6, 6.07) is 4.68. The Bertz CT molecular complexity index is 390. The van der Waals surface area contributed by atoms with Crippen molar-refractivity contribution in [1.82, 2.24) is 5.32 Å². The highest BCUT2D eigenvalue weighted by Gasteiger charge is 2.28. The van der Waals surface area contributed by atoms with E-state index in [1.54, 1.807) is 6.07 Å². The molecule has 1 aliphatic rings. The molecule has 2 unspecified atom stereocenters. The maximum Gasteiger partial charge on any atom is 0.159 e. The topological polar surface area (TPSA) is 12.0 Å². The second-order valence-electron chi connectivity index (χ2n) is 5.26. The molecule has 0 saturated carbocycles. The summed E-state index contributed by atoms with van der Waals surface area (Å²) >= 11 is 0. The van der Waals surface area contributed by atoms with Crippen LogP contribution in [-0.4, -0.2) is 12.6 Å². The molecular weight excluding hydrogens is 220 g/mol. The SMILES string of the molecule is CC(C)CC1NCCC1c1ccc(F)c(F)c1. The first-order chi connectivity index (χ1) is 8.08. The zero-order chi connectivity index (χ0) is 12.4. The summed E-state index contributed by atoms with van der Waals surface area (Å²) in [6.07, 6.45) is 2.08. The summed E-state index contributed by atoms with van der Waals surface area (Å²) in [4.78, 5) is 0. The van der Waals surface area contributed by atoms with Crippen LogP contribution in [0.5, 0.6) is 0 Å². The zero-order valence-corrected chi connectivity index (χ0v) is 10.3. The minimum Gasteiger partial charge on any atom is -0.313 e. The molecule has 0 bridgehead atoms. The lowest BCUT2D eigenvalue weighted by atomic mass is 9.87. The van der Waals surface area contributed by atoms with Gasteiger partial charge in [0.25, 0.3) is 0 Å². The lowest BCUT2D eigenvalue weighted by molar-refractivity contribution is 0.431. The lowest BCUT2D eigenvalue weighted by Crippen LogP contribution is -2.27. The largest absolute Gasteiger partial charge is 0.313 e. The average molecular weight is 239 g/mol. The third-order valence-corrected chi connectivity index (χ3v) is 3.44. The molecule has 94 valence electrons. The van der Waals surface area contributed by atoms with E-state index in [1.165, 1.54) is 12.1 Å². The minimum absolute atomic E-state index is 0.312. The van der Waals surface area contributed by atoms with Gasteiger partial charge in [-0.3, -0.25) is 0 Å². The molecule has 1 saturated heterocycles. The molecule has 1 heterocycles. The van der Waals surface area contributed by atoms with E-state index in [0.29, 0.717) is 17.9 Å². The zero-order valence-electron chi connectivity index (χ0n) is 10.3. The monoisotopic (exact) mass is 239 g/mol. The van der Waals surface area contributed by atoms with E-state index in [-0.39, 0.29) is 0 Å². The molecule has 0 aromatic heterocycles.